The molecule has 0 fully saturated rings. The average Bonchev–Trinajstić information content (AvgIpc) is 2.25. The van der Waals surface area contributed by atoms with E-state index in [0.29, 0.717) is 38.6 Å². The van der Waals surface area contributed by atoms with E-state index in [4.69, 9.17) is 9.05 Å². The summed E-state index contributed by atoms with van der Waals surface area (Å²) in [7, 11) is -1.59. The molecule has 0 atom stereocenters. The largest absolute Gasteiger partial charge is 0.469 e. The first-order chi connectivity index (χ1) is 7.58. The summed E-state index contributed by atoms with van der Waals surface area (Å²) >= 11 is 0. The Kier molecular flexibility index (Phi) is 8.53. The Morgan fingerprint density at radius 3 is 2.12 bits per heavy atom. The second-order valence-electron chi connectivity index (χ2n) is 3.20. The van der Waals surface area contributed by atoms with Gasteiger partial charge in [0.15, 0.2) is 0 Å². The van der Waals surface area contributed by atoms with Gasteiger partial charge in [-0.1, -0.05) is 0 Å². The normalized spacial score (nSPS) is 11.4. The van der Waals surface area contributed by atoms with E-state index < -0.39 is 7.60 Å². The Bertz CT molecular complexity index is 231. The highest BCUT2D eigenvalue weighted by Crippen LogP contribution is 2.48. The quantitative estimate of drug-likeness (QED) is 0.358. The minimum Gasteiger partial charge on any atom is -0.469 e. The van der Waals surface area contributed by atoms with Crippen LogP contribution in [0.25, 0.3) is 0 Å². The Labute approximate surface area is 97.0 Å². The van der Waals surface area contributed by atoms with Gasteiger partial charge in [-0.05, 0) is 26.7 Å². The van der Waals surface area contributed by atoms with Gasteiger partial charge in [-0.15, -0.1) is 0 Å². The first-order valence-corrected chi connectivity index (χ1v) is 7.25. The van der Waals surface area contributed by atoms with E-state index in [2.05, 4.69) is 4.74 Å². The van der Waals surface area contributed by atoms with Crippen LogP contribution in [0, 0.1) is 0 Å². The van der Waals surface area contributed by atoms with Crippen molar-refractivity contribution in [1.82, 2.24) is 0 Å². The summed E-state index contributed by atoms with van der Waals surface area (Å²) in [6.45, 7) is 4.29. The van der Waals surface area contributed by atoms with Crippen LogP contribution >= 0.6 is 7.60 Å². The Morgan fingerprint density at radius 1 is 1.12 bits per heavy atom. The number of methoxy groups -OCH3 is 1. The predicted molar refractivity (Wildman–Crippen MR) is 61.6 cm³/mol. The van der Waals surface area contributed by atoms with Crippen LogP contribution < -0.4 is 0 Å². The molecule has 0 aromatic heterocycles. The van der Waals surface area contributed by atoms with E-state index >= 15 is 0 Å². The molecule has 5 nitrogen and oxygen atoms in total. The lowest BCUT2D eigenvalue weighted by Gasteiger charge is -2.16. The average molecular weight is 252 g/mol. The maximum absolute atomic E-state index is 12.0. The molecule has 0 saturated heterocycles. The minimum atomic E-state index is -2.94. The molecule has 0 aromatic rings. The van der Waals surface area contributed by atoms with Gasteiger partial charge in [-0.2, -0.15) is 0 Å². The van der Waals surface area contributed by atoms with E-state index in [1.54, 1.807) is 13.8 Å². The third-order valence-corrected chi connectivity index (χ3v) is 4.11. The minimum absolute atomic E-state index is 0.248. The molecule has 6 heteroatoms. The molecule has 0 rings (SSSR count). The fraction of sp³-hybridized carbons (Fsp3) is 0.900. The smallest absolute Gasteiger partial charge is 0.330 e. The van der Waals surface area contributed by atoms with Crippen molar-refractivity contribution in [2.24, 2.45) is 0 Å². The van der Waals surface area contributed by atoms with Gasteiger partial charge >= 0.3 is 13.6 Å². The van der Waals surface area contributed by atoms with Gasteiger partial charge in [0.25, 0.3) is 0 Å². The van der Waals surface area contributed by atoms with Gasteiger partial charge < -0.3 is 13.8 Å². The first kappa shape index (κ1) is 15.6. The van der Waals surface area contributed by atoms with E-state index in [-0.39, 0.29) is 5.97 Å². The van der Waals surface area contributed by atoms with Gasteiger partial charge in [0.05, 0.1) is 26.5 Å². The van der Waals surface area contributed by atoms with Gasteiger partial charge in [-0.25, -0.2) is 0 Å². The summed E-state index contributed by atoms with van der Waals surface area (Å²) in [5.74, 6) is -0.248. The van der Waals surface area contributed by atoms with E-state index in [1.165, 1.54) is 7.11 Å². The molecule has 0 amide bonds. The summed E-state index contributed by atoms with van der Waals surface area (Å²) in [5.41, 5.74) is 0. The molecule has 0 spiro atoms. The molecule has 0 N–H and O–H groups in total. The topological polar surface area (TPSA) is 61.8 Å². The Balaban J connectivity index is 3.85. The van der Waals surface area contributed by atoms with Crippen LogP contribution in [0.3, 0.4) is 0 Å². The van der Waals surface area contributed by atoms with Crippen molar-refractivity contribution in [3.8, 4) is 0 Å². The molecule has 0 radical (unpaired) electrons. The standard InChI is InChI=1S/C10H21O5P/c1-4-14-16(12,15-5-2)9-7-6-8-10(11)13-3/h4-9H2,1-3H3. The number of hydrogen-bond donors (Lipinski definition) is 0. The van der Waals surface area contributed by atoms with Gasteiger partial charge in [0.2, 0.25) is 0 Å². The van der Waals surface area contributed by atoms with Crippen LogP contribution in [0.2, 0.25) is 0 Å². The van der Waals surface area contributed by atoms with Crippen LogP contribution in [0.1, 0.15) is 33.1 Å². The number of hydrogen-bond acceptors (Lipinski definition) is 5. The zero-order chi connectivity index (χ0) is 12.4. The fourth-order valence-electron chi connectivity index (χ4n) is 1.24. The Morgan fingerprint density at radius 2 is 1.69 bits per heavy atom. The molecule has 0 aliphatic rings. The van der Waals surface area contributed by atoms with E-state index in [1.807, 2.05) is 0 Å². The molecule has 0 aliphatic heterocycles. The number of esters is 1. The lowest BCUT2D eigenvalue weighted by atomic mass is 10.2. The van der Waals surface area contributed by atoms with Crippen LogP contribution in [-0.4, -0.2) is 32.5 Å². The van der Waals surface area contributed by atoms with Crippen molar-refractivity contribution in [1.29, 1.82) is 0 Å². The molecule has 16 heavy (non-hydrogen) atoms. The van der Waals surface area contributed by atoms with Crippen molar-refractivity contribution < 1.29 is 23.1 Å². The van der Waals surface area contributed by atoms with Crippen molar-refractivity contribution in [2.75, 3.05) is 26.5 Å². The summed E-state index contributed by atoms with van der Waals surface area (Å²) in [6.07, 6.45) is 1.96. The third-order valence-electron chi connectivity index (χ3n) is 1.94. The van der Waals surface area contributed by atoms with Crippen molar-refractivity contribution >= 4 is 13.6 Å². The third kappa shape index (κ3) is 6.99. The molecule has 96 valence electrons. The maximum atomic E-state index is 12.0. The Hall–Kier alpha value is -0.380. The lowest BCUT2D eigenvalue weighted by Crippen LogP contribution is -2.03. The van der Waals surface area contributed by atoms with Gasteiger partial charge in [-0.3, -0.25) is 9.36 Å². The number of unbranched alkanes of at least 4 members (excludes halogenated alkanes) is 1. The highest BCUT2D eigenvalue weighted by Gasteiger charge is 2.22. The van der Waals surface area contributed by atoms with Crippen LogP contribution in [-0.2, 0) is 23.1 Å². The van der Waals surface area contributed by atoms with Crippen LogP contribution in [0.5, 0.6) is 0 Å². The second kappa shape index (κ2) is 8.74. The number of carbonyl (C=O) groups excluding carboxylic acids is 1. The van der Waals surface area contributed by atoms with Gasteiger partial charge in [0, 0.05) is 6.42 Å². The van der Waals surface area contributed by atoms with E-state index in [9.17, 15) is 9.36 Å². The monoisotopic (exact) mass is 252 g/mol. The molecule has 0 unspecified atom stereocenters. The number of ether oxygens (including phenoxy) is 1. The van der Waals surface area contributed by atoms with Crippen molar-refractivity contribution in [3.05, 3.63) is 0 Å². The molecule has 0 bridgehead atoms. The highest BCUT2D eigenvalue weighted by molar-refractivity contribution is 7.53. The summed E-state index contributed by atoms with van der Waals surface area (Å²) in [5, 5.41) is 0. The molecular formula is C10H21O5P. The van der Waals surface area contributed by atoms with Gasteiger partial charge in [0.1, 0.15) is 0 Å². The first-order valence-electron chi connectivity index (χ1n) is 5.53. The summed E-state index contributed by atoms with van der Waals surface area (Å²) in [4.78, 5) is 10.8. The van der Waals surface area contributed by atoms with E-state index in [0.717, 1.165) is 0 Å². The second-order valence-corrected chi connectivity index (χ2v) is 5.39. The summed E-state index contributed by atoms with van der Waals surface area (Å²) < 4.78 is 26.7. The maximum Gasteiger partial charge on any atom is 0.330 e. The molecule has 0 heterocycles. The SMILES string of the molecule is CCOP(=O)(CCCCC(=O)OC)OCC. The van der Waals surface area contributed by atoms with Crippen molar-refractivity contribution in [3.63, 3.8) is 0 Å². The molecule has 0 aromatic carbocycles. The highest BCUT2D eigenvalue weighted by atomic mass is 31.2. The number of carbonyl (C=O) groups is 1. The predicted octanol–water partition coefficient (Wildman–Crippen LogP) is 2.60. The van der Waals surface area contributed by atoms with Crippen LogP contribution in [0.4, 0.5) is 0 Å². The molecular weight excluding hydrogens is 231 g/mol. The molecule has 0 saturated carbocycles. The van der Waals surface area contributed by atoms with Crippen LogP contribution in [0.15, 0.2) is 0 Å². The van der Waals surface area contributed by atoms with Crippen molar-refractivity contribution in [2.45, 2.75) is 33.1 Å². The molecule has 0 aliphatic carbocycles. The number of rotatable bonds is 9. The zero-order valence-corrected chi connectivity index (χ0v) is 11.1. The zero-order valence-electron chi connectivity index (χ0n) is 10.2. The lowest BCUT2D eigenvalue weighted by molar-refractivity contribution is -0.140. The fourth-order valence-corrected chi connectivity index (χ4v) is 2.97. The summed E-state index contributed by atoms with van der Waals surface area (Å²) in [6, 6.07) is 0.